The van der Waals surface area contributed by atoms with Gasteiger partial charge in [-0.1, -0.05) is 23.2 Å². The molecule has 0 amide bonds. The Hall–Kier alpha value is -0.380. The summed E-state index contributed by atoms with van der Waals surface area (Å²) in [7, 11) is 0. The van der Waals surface area contributed by atoms with Crippen molar-refractivity contribution in [1.82, 2.24) is 0 Å². The molecule has 1 aromatic carbocycles. The Morgan fingerprint density at radius 2 is 1.85 bits per heavy atom. The number of aliphatic carboxylic acids is 1. The molecule has 2 nitrogen and oxygen atoms in total. The van der Waals surface area contributed by atoms with Crippen molar-refractivity contribution in [2.24, 2.45) is 0 Å². The van der Waals surface area contributed by atoms with Gasteiger partial charge in [-0.05, 0) is 18.2 Å². The minimum absolute atomic E-state index is 0.0106. The Balaban J connectivity index is 2.71. The van der Waals surface area contributed by atoms with Gasteiger partial charge in [-0.3, -0.25) is 4.79 Å². The molecule has 0 fully saturated rings. The third-order valence-corrected chi connectivity index (χ3v) is 2.60. The molecule has 1 aromatic rings. The largest absolute Gasteiger partial charge is 0.481 e. The van der Waals surface area contributed by atoms with Crippen molar-refractivity contribution in [3.05, 3.63) is 28.2 Å². The van der Waals surface area contributed by atoms with Crippen LogP contribution in [0.3, 0.4) is 0 Å². The monoisotopic (exact) mass is 236 g/mol. The van der Waals surface area contributed by atoms with Gasteiger partial charge in [0.25, 0.3) is 0 Å². The number of thioether (sulfide) groups is 1. The van der Waals surface area contributed by atoms with Crippen LogP contribution in [0.25, 0.3) is 0 Å². The second kappa shape index (κ2) is 4.74. The van der Waals surface area contributed by atoms with Gasteiger partial charge < -0.3 is 5.11 Å². The van der Waals surface area contributed by atoms with Gasteiger partial charge >= 0.3 is 5.97 Å². The van der Waals surface area contributed by atoms with Crippen LogP contribution in [0.2, 0.25) is 10.0 Å². The van der Waals surface area contributed by atoms with E-state index in [1.165, 1.54) is 11.8 Å². The van der Waals surface area contributed by atoms with Gasteiger partial charge in [0.05, 0.1) is 5.75 Å². The Bertz CT molecular complexity index is 308. The molecular formula is C8H6Cl2O2S. The first-order valence-corrected chi connectivity index (χ1v) is 5.13. The Labute approximate surface area is 89.8 Å². The van der Waals surface area contributed by atoms with Crippen LogP contribution in [0.1, 0.15) is 0 Å². The van der Waals surface area contributed by atoms with E-state index in [0.29, 0.717) is 10.0 Å². The van der Waals surface area contributed by atoms with Crippen LogP contribution in [0, 0.1) is 0 Å². The lowest BCUT2D eigenvalue weighted by atomic mass is 10.4. The first kappa shape index (κ1) is 10.7. The summed E-state index contributed by atoms with van der Waals surface area (Å²) in [6, 6.07) is 4.97. The van der Waals surface area contributed by atoms with Gasteiger partial charge in [0.15, 0.2) is 0 Å². The molecule has 0 aromatic heterocycles. The van der Waals surface area contributed by atoms with E-state index in [-0.39, 0.29) is 5.75 Å². The maximum absolute atomic E-state index is 10.3. The van der Waals surface area contributed by atoms with Crippen LogP contribution in [0.5, 0.6) is 0 Å². The van der Waals surface area contributed by atoms with E-state index in [0.717, 1.165) is 4.90 Å². The van der Waals surface area contributed by atoms with Crippen LogP contribution in [-0.2, 0) is 4.79 Å². The molecule has 0 aliphatic heterocycles. The average Bonchev–Trinajstić information content (AvgIpc) is 1.99. The number of hydrogen-bond donors (Lipinski definition) is 1. The second-order valence-corrected chi connectivity index (χ2v) is 4.21. The molecule has 0 atom stereocenters. The van der Waals surface area contributed by atoms with Crippen LogP contribution in [0.4, 0.5) is 0 Å². The molecule has 0 aliphatic rings. The van der Waals surface area contributed by atoms with Crippen molar-refractivity contribution in [2.45, 2.75) is 4.90 Å². The van der Waals surface area contributed by atoms with Crippen LogP contribution in [0.15, 0.2) is 23.1 Å². The van der Waals surface area contributed by atoms with Crippen LogP contribution >= 0.6 is 35.0 Å². The zero-order valence-electron chi connectivity index (χ0n) is 6.46. The summed E-state index contributed by atoms with van der Waals surface area (Å²) in [5.74, 6) is -0.850. The fourth-order valence-electron chi connectivity index (χ4n) is 0.757. The van der Waals surface area contributed by atoms with Crippen molar-refractivity contribution in [1.29, 1.82) is 0 Å². The highest BCUT2D eigenvalue weighted by Gasteiger charge is 2.01. The quantitative estimate of drug-likeness (QED) is 0.820. The number of carboxylic acids is 1. The van der Waals surface area contributed by atoms with Crippen molar-refractivity contribution >= 4 is 40.9 Å². The normalized spacial score (nSPS) is 10.0. The van der Waals surface area contributed by atoms with Gasteiger partial charge in [-0.25, -0.2) is 0 Å². The Morgan fingerprint density at radius 3 is 2.31 bits per heavy atom. The molecular weight excluding hydrogens is 231 g/mol. The van der Waals surface area contributed by atoms with Gasteiger partial charge in [0.1, 0.15) is 0 Å². The minimum atomic E-state index is -0.860. The number of hydrogen-bond acceptors (Lipinski definition) is 2. The highest BCUT2D eigenvalue weighted by molar-refractivity contribution is 8.00. The molecule has 5 heteroatoms. The van der Waals surface area contributed by atoms with Gasteiger partial charge in [-0.15, -0.1) is 11.8 Å². The molecule has 70 valence electrons. The fraction of sp³-hybridized carbons (Fsp3) is 0.125. The summed E-state index contributed by atoms with van der Waals surface area (Å²) in [6.45, 7) is 0. The van der Waals surface area contributed by atoms with Gasteiger partial charge in [0.2, 0.25) is 0 Å². The van der Waals surface area contributed by atoms with Crippen molar-refractivity contribution < 1.29 is 9.90 Å². The molecule has 0 aliphatic carbocycles. The fourth-order valence-corrected chi connectivity index (χ4v) is 2.12. The predicted molar refractivity (Wildman–Crippen MR) is 54.8 cm³/mol. The maximum atomic E-state index is 10.3. The molecule has 0 bridgehead atoms. The summed E-state index contributed by atoms with van der Waals surface area (Å²) in [4.78, 5) is 11.0. The molecule has 0 unspecified atom stereocenters. The number of rotatable bonds is 3. The SMILES string of the molecule is O=C(O)CSc1cc(Cl)cc(Cl)c1. The molecule has 0 radical (unpaired) electrons. The summed E-state index contributed by atoms with van der Waals surface area (Å²) in [5, 5.41) is 9.46. The van der Waals surface area contributed by atoms with Crippen LogP contribution in [-0.4, -0.2) is 16.8 Å². The van der Waals surface area contributed by atoms with Crippen molar-refractivity contribution in [3.8, 4) is 0 Å². The number of benzene rings is 1. The van der Waals surface area contributed by atoms with Gasteiger partial charge in [-0.2, -0.15) is 0 Å². The summed E-state index contributed by atoms with van der Waals surface area (Å²) >= 11 is 12.6. The number of carbonyl (C=O) groups is 1. The summed E-state index contributed by atoms with van der Waals surface area (Å²) in [6.07, 6.45) is 0. The first-order chi connectivity index (χ1) is 6.08. The average molecular weight is 237 g/mol. The van der Waals surface area contributed by atoms with Gasteiger partial charge in [0, 0.05) is 14.9 Å². The first-order valence-electron chi connectivity index (χ1n) is 3.38. The van der Waals surface area contributed by atoms with Crippen molar-refractivity contribution in [3.63, 3.8) is 0 Å². The highest BCUT2D eigenvalue weighted by Crippen LogP contribution is 2.26. The molecule has 1 N–H and O–H groups in total. The van der Waals surface area contributed by atoms with E-state index >= 15 is 0 Å². The van der Waals surface area contributed by atoms with E-state index < -0.39 is 5.97 Å². The molecule has 0 heterocycles. The highest BCUT2D eigenvalue weighted by atomic mass is 35.5. The van der Waals surface area contributed by atoms with Crippen molar-refractivity contribution in [2.75, 3.05) is 5.75 Å². The molecule has 0 saturated heterocycles. The Kier molecular flexibility index (Phi) is 3.90. The van der Waals surface area contributed by atoms with E-state index in [1.807, 2.05) is 0 Å². The van der Waals surface area contributed by atoms with E-state index in [4.69, 9.17) is 28.3 Å². The Morgan fingerprint density at radius 1 is 1.31 bits per heavy atom. The van der Waals surface area contributed by atoms with Crippen LogP contribution < -0.4 is 0 Å². The number of halogens is 2. The minimum Gasteiger partial charge on any atom is -0.481 e. The second-order valence-electron chi connectivity index (χ2n) is 2.29. The zero-order chi connectivity index (χ0) is 9.84. The molecule has 0 spiro atoms. The topological polar surface area (TPSA) is 37.3 Å². The maximum Gasteiger partial charge on any atom is 0.313 e. The molecule has 0 saturated carbocycles. The smallest absolute Gasteiger partial charge is 0.313 e. The predicted octanol–water partition coefficient (Wildman–Crippen LogP) is 3.17. The summed E-state index contributed by atoms with van der Waals surface area (Å²) in [5.41, 5.74) is 0. The summed E-state index contributed by atoms with van der Waals surface area (Å²) < 4.78 is 0. The number of carboxylic acid groups (broad SMARTS) is 1. The lowest BCUT2D eigenvalue weighted by Crippen LogP contribution is -1.97. The third-order valence-electron chi connectivity index (χ3n) is 1.20. The van der Waals surface area contributed by atoms with E-state index in [9.17, 15) is 4.79 Å². The molecule has 13 heavy (non-hydrogen) atoms. The standard InChI is InChI=1S/C8H6Cl2O2S/c9-5-1-6(10)3-7(2-5)13-4-8(11)12/h1-3H,4H2,(H,11,12). The lowest BCUT2D eigenvalue weighted by Gasteiger charge is -2.00. The lowest BCUT2D eigenvalue weighted by molar-refractivity contribution is -0.133. The zero-order valence-corrected chi connectivity index (χ0v) is 8.79. The van der Waals surface area contributed by atoms with E-state index in [1.54, 1.807) is 18.2 Å². The third kappa shape index (κ3) is 3.89. The van der Waals surface area contributed by atoms with E-state index in [2.05, 4.69) is 0 Å². The molecule has 1 rings (SSSR count).